The van der Waals surface area contributed by atoms with Crippen LogP contribution >= 0.6 is 0 Å². The molecule has 0 spiro atoms. The van der Waals surface area contributed by atoms with Crippen molar-refractivity contribution in [1.29, 1.82) is 0 Å². The summed E-state index contributed by atoms with van der Waals surface area (Å²) in [7, 11) is 0. The van der Waals surface area contributed by atoms with E-state index < -0.39 is 0 Å². The van der Waals surface area contributed by atoms with Crippen molar-refractivity contribution in [1.82, 2.24) is 10.2 Å². The highest BCUT2D eigenvalue weighted by molar-refractivity contribution is 5.62. The van der Waals surface area contributed by atoms with Gasteiger partial charge in [-0.15, -0.1) is 10.2 Å². The van der Waals surface area contributed by atoms with E-state index in [9.17, 15) is 0 Å². The molecular formula is C12H15N3O. The van der Waals surface area contributed by atoms with Crippen LogP contribution in [0.1, 0.15) is 19.4 Å². The summed E-state index contributed by atoms with van der Waals surface area (Å²) in [5.41, 5.74) is 3.26. The predicted octanol–water partition coefficient (Wildman–Crippen LogP) is 2.87. The summed E-state index contributed by atoms with van der Waals surface area (Å²) >= 11 is 0. The molecule has 0 aliphatic heterocycles. The molecule has 0 aliphatic carbocycles. The van der Waals surface area contributed by atoms with Crippen LogP contribution in [0.4, 0.5) is 5.69 Å². The molecule has 2 rings (SSSR count). The third-order valence-corrected chi connectivity index (χ3v) is 2.28. The molecule has 0 unspecified atom stereocenters. The molecule has 0 radical (unpaired) electrons. The van der Waals surface area contributed by atoms with Crippen molar-refractivity contribution in [3.63, 3.8) is 0 Å². The van der Waals surface area contributed by atoms with Gasteiger partial charge >= 0.3 is 0 Å². The lowest BCUT2D eigenvalue weighted by Gasteiger charge is -2.13. The average molecular weight is 217 g/mol. The van der Waals surface area contributed by atoms with Crippen LogP contribution in [0.5, 0.6) is 0 Å². The number of nitrogens with one attached hydrogen (secondary N) is 1. The summed E-state index contributed by atoms with van der Waals surface area (Å²) in [5.74, 6) is 0.555. The molecule has 2 aromatic rings. The fraction of sp³-hybridized carbons (Fsp3) is 0.333. The number of hydrogen-bond donors (Lipinski definition) is 1. The van der Waals surface area contributed by atoms with E-state index in [-0.39, 0.29) is 0 Å². The van der Waals surface area contributed by atoms with Crippen molar-refractivity contribution >= 4 is 5.69 Å². The van der Waals surface area contributed by atoms with Crippen molar-refractivity contribution in [2.75, 3.05) is 5.32 Å². The zero-order valence-corrected chi connectivity index (χ0v) is 9.69. The lowest BCUT2D eigenvalue weighted by Crippen LogP contribution is -2.10. The number of anilines is 1. The first-order chi connectivity index (χ1) is 7.66. The standard InChI is InChI=1S/C12H15N3O/c1-8(2)14-11-5-4-10(6-9(11)3)12-15-13-7-16-12/h4-8,14H,1-3H3. The average Bonchev–Trinajstić information content (AvgIpc) is 2.73. The van der Waals surface area contributed by atoms with Crippen molar-refractivity contribution in [2.45, 2.75) is 26.8 Å². The molecule has 0 aliphatic rings. The monoisotopic (exact) mass is 217 g/mol. The molecule has 1 aromatic heterocycles. The Labute approximate surface area is 94.7 Å². The van der Waals surface area contributed by atoms with Gasteiger partial charge in [-0.25, -0.2) is 0 Å². The van der Waals surface area contributed by atoms with Crippen LogP contribution in [0.3, 0.4) is 0 Å². The minimum Gasteiger partial charge on any atom is -0.423 e. The Bertz CT molecular complexity index is 463. The van der Waals surface area contributed by atoms with Crippen LogP contribution in [0.2, 0.25) is 0 Å². The Morgan fingerprint density at radius 3 is 2.69 bits per heavy atom. The van der Waals surface area contributed by atoms with Crippen LogP contribution in [0, 0.1) is 6.92 Å². The van der Waals surface area contributed by atoms with Crippen LogP contribution in [0.25, 0.3) is 11.5 Å². The normalized spacial score (nSPS) is 10.8. The molecule has 4 nitrogen and oxygen atoms in total. The number of aromatic nitrogens is 2. The van der Waals surface area contributed by atoms with E-state index in [1.807, 2.05) is 18.2 Å². The number of benzene rings is 1. The molecule has 4 heteroatoms. The number of aryl methyl sites for hydroxylation is 1. The van der Waals surface area contributed by atoms with Gasteiger partial charge in [-0.3, -0.25) is 0 Å². The van der Waals surface area contributed by atoms with Gasteiger partial charge in [-0.2, -0.15) is 0 Å². The third kappa shape index (κ3) is 2.21. The number of nitrogens with zero attached hydrogens (tertiary/aromatic N) is 2. The van der Waals surface area contributed by atoms with E-state index in [1.165, 1.54) is 12.0 Å². The van der Waals surface area contributed by atoms with Crippen LogP contribution in [-0.2, 0) is 0 Å². The SMILES string of the molecule is Cc1cc(-c2nnco2)ccc1NC(C)C. The van der Waals surface area contributed by atoms with Crippen molar-refractivity contribution in [3.05, 3.63) is 30.2 Å². The zero-order chi connectivity index (χ0) is 11.5. The van der Waals surface area contributed by atoms with Gasteiger partial charge in [0.2, 0.25) is 12.3 Å². The molecule has 0 saturated heterocycles. The summed E-state index contributed by atoms with van der Waals surface area (Å²) in [5, 5.41) is 10.9. The van der Waals surface area contributed by atoms with Gasteiger partial charge in [-0.1, -0.05) is 0 Å². The largest absolute Gasteiger partial charge is 0.423 e. The number of rotatable bonds is 3. The minimum absolute atomic E-state index is 0.424. The maximum atomic E-state index is 5.15. The minimum atomic E-state index is 0.424. The quantitative estimate of drug-likeness (QED) is 0.858. The molecule has 16 heavy (non-hydrogen) atoms. The lowest BCUT2D eigenvalue weighted by atomic mass is 10.1. The van der Waals surface area contributed by atoms with Crippen molar-refractivity contribution in [2.24, 2.45) is 0 Å². The predicted molar refractivity (Wildman–Crippen MR) is 63.2 cm³/mol. The van der Waals surface area contributed by atoms with E-state index in [4.69, 9.17) is 4.42 Å². The van der Waals surface area contributed by atoms with Crippen molar-refractivity contribution < 1.29 is 4.42 Å². The highest BCUT2D eigenvalue weighted by atomic mass is 16.4. The van der Waals surface area contributed by atoms with Crippen LogP contribution < -0.4 is 5.32 Å². The third-order valence-electron chi connectivity index (χ3n) is 2.28. The lowest BCUT2D eigenvalue weighted by molar-refractivity contribution is 0.568. The zero-order valence-electron chi connectivity index (χ0n) is 9.69. The summed E-state index contributed by atoms with van der Waals surface area (Å²) in [6, 6.07) is 6.48. The number of hydrogen-bond acceptors (Lipinski definition) is 4. The maximum Gasteiger partial charge on any atom is 0.247 e. The Hall–Kier alpha value is -1.84. The van der Waals surface area contributed by atoms with Gasteiger partial charge in [0.15, 0.2) is 0 Å². The molecule has 1 aromatic carbocycles. The first kappa shape index (κ1) is 10.7. The fourth-order valence-corrected chi connectivity index (χ4v) is 1.57. The Kier molecular flexibility index (Phi) is 2.90. The molecule has 1 N–H and O–H groups in total. The van der Waals surface area contributed by atoms with Gasteiger partial charge in [0.25, 0.3) is 0 Å². The molecule has 0 atom stereocenters. The fourth-order valence-electron chi connectivity index (χ4n) is 1.57. The van der Waals surface area contributed by atoms with E-state index in [0.717, 1.165) is 11.3 Å². The second-order valence-electron chi connectivity index (χ2n) is 4.07. The first-order valence-electron chi connectivity index (χ1n) is 5.30. The van der Waals surface area contributed by atoms with Crippen LogP contribution in [0.15, 0.2) is 29.0 Å². The molecule has 0 fully saturated rings. The Morgan fingerprint density at radius 1 is 1.31 bits per heavy atom. The van der Waals surface area contributed by atoms with E-state index in [0.29, 0.717) is 11.9 Å². The molecular weight excluding hydrogens is 202 g/mol. The van der Waals surface area contributed by atoms with E-state index in [1.54, 1.807) is 0 Å². The highest BCUT2D eigenvalue weighted by Crippen LogP contribution is 2.23. The first-order valence-corrected chi connectivity index (χ1v) is 5.30. The molecule has 84 valence electrons. The second kappa shape index (κ2) is 4.35. The van der Waals surface area contributed by atoms with E-state index in [2.05, 4.69) is 36.3 Å². The van der Waals surface area contributed by atoms with Gasteiger partial charge in [0.05, 0.1) is 0 Å². The summed E-state index contributed by atoms with van der Waals surface area (Å²) < 4.78 is 5.15. The van der Waals surface area contributed by atoms with Gasteiger partial charge in [0.1, 0.15) is 0 Å². The summed E-state index contributed by atoms with van der Waals surface area (Å²) in [4.78, 5) is 0. The molecule has 0 bridgehead atoms. The summed E-state index contributed by atoms with van der Waals surface area (Å²) in [6.45, 7) is 6.29. The summed E-state index contributed by atoms with van der Waals surface area (Å²) in [6.07, 6.45) is 1.34. The molecule has 1 heterocycles. The van der Waals surface area contributed by atoms with Crippen LogP contribution in [-0.4, -0.2) is 16.2 Å². The van der Waals surface area contributed by atoms with Gasteiger partial charge in [0, 0.05) is 17.3 Å². The Morgan fingerprint density at radius 2 is 2.12 bits per heavy atom. The topological polar surface area (TPSA) is 51.0 Å². The smallest absolute Gasteiger partial charge is 0.247 e. The highest BCUT2D eigenvalue weighted by Gasteiger charge is 2.06. The maximum absolute atomic E-state index is 5.15. The van der Waals surface area contributed by atoms with Gasteiger partial charge < -0.3 is 9.73 Å². The second-order valence-corrected chi connectivity index (χ2v) is 4.07. The van der Waals surface area contributed by atoms with E-state index >= 15 is 0 Å². The molecule has 0 saturated carbocycles. The Balaban J connectivity index is 2.29. The van der Waals surface area contributed by atoms with Crippen molar-refractivity contribution in [3.8, 4) is 11.5 Å². The van der Waals surface area contributed by atoms with Gasteiger partial charge in [-0.05, 0) is 44.5 Å². The molecule has 0 amide bonds.